The van der Waals surface area contributed by atoms with E-state index >= 15 is 0 Å². The number of hydrogen-bond donors (Lipinski definition) is 1. The number of aryl methyl sites for hydroxylation is 2. The monoisotopic (exact) mass is 589 g/mol. The van der Waals surface area contributed by atoms with Gasteiger partial charge in [0.05, 0.1) is 20.6 Å². The van der Waals surface area contributed by atoms with Gasteiger partial charge in [0, 0.05) is 13.1 Å². The van der Waals surface area contributed by atoms with Gasteiger partial charge in [-0.2, -0.15) is 0 Å². The van der Waals surface area contributed by atoms with Crippen molar-refractivity contribution in [2.75, 3.05) is 17.4 Å². The third-order valence-corrected chi connectivity index (χ3v) is 8.88. The van der Waals surface area contributed by atoms with Crippen LogP contribution in [0.1, 0.15) is 37.0 Å². The Kier molecular flexibility index (Phi) is 10.4. The predicted molar refractivity (Wildman–Crippen MR) is 157 cm³/mol. The maximum absolute atomic E-state index is 14.0. The van der Waals surface area contributed by atoms with Gasteiger partial charge >= 0.3 is 0 Å². The van der Waals surface area contributed by atoms with E-state index in [2.05, 4.69) is 5.32 Å². The summed E-state index contributed by atoms with van der Waals surface area (Å²) >= 11 is 12.7. The van der Waals surface area contributed by atoms with E-state index < -0.39 is 28.5 Å². The zero-order valence-corrected chi connectivity index (χ0v) is 24.8. The number of carbonyl (C=O) groups is 2. The van der Waals surface area contributed by atoms with Crippen LogP contribution in [-0.2, 0) is 26.2 Å². The number of anilines is 1. The van der Waals surface area contributed by atoms with Gasteiger partial charge in [0.2, 0.25) is 11.8 Å². The lowest BCUT2D eigenvalue weighted by Crippen LogP contribution is -2.52. The van der Waals surface area contributed by atoms with Crippen LogP contribution in [0.25, 0.3) is 0 Å². The molecule has 2 amide bonds. The lowest BCUT2D eigenvalue weighted by molar-refractivity contribution is -0.140. The first kappa shape index (κ1) is 30.5. The van der Waals surface area contributed by atoms with E-state index in [4.69, 9.17) is 23.2 Å². The third kappa shape index (κ3) is 7.32. The molecule has 3 rings (SSSR count). The molecule has 3 aromatic carbocycles. The summed E-state index contributed by atoms with van der Waals surface area (Å²) in [6, 6.07) is 17.7. The van der Waals surface area contributed by atoms with Gasteiger partial charge in [0.25, 0.3) is 10.0 Å². The number of likely N-dealkylation sites (N-methyl/N-ethyl adjacent to an activating group) is 1. The molecule has 0 fully saturated rings. The average molecular weight is 591 g/mol. The van der Waals surface area contributed by atoms with Crippen LogP contribution in [0.15, 0.2) is 71.6 Å². The first-order valence-electron chi connectivity index (χ1n) is 12.7. The zero-order chi connectivity index (χ0) is 28.7. The summed E-state index contributed by atoms with van der Waals surface area (Å²) in [5.74, 6) is -0.866. The lowest BCUT2D eigenvalue weighted by Gasteiger charge is -2.33. The number of benzene rings is 3. The van der Waals surface area contributed by atoms with Crippen molar-refractivity contribution in [3.05, 3.63) is 93.5 Å². The summed E-state index contributed by atoms with van der Waals surface area (Å²) in [4.78, 5) is 28.4. The fraction of sp³-hybridized carbons (Fsp3) is 0.310. The number of hydrogen-bond acceptors (Lipinski definition) is 4. The predicted octanol–water partition coefficient (Wildman–Crippen LogP) is 5.75. The first-order valence-corrected chi connectivity index (χ1v) is 14.8. The molecule has 0 aromatic heterocycles. The Bertz CT molecular complexity index is 1410. The van der Waals surface area contributed by atoms with Crippen LogP contribution in [0.5, 0.6) is 0 Å². The average Bonchev–Trinajstić information content (AvgIpc) is 2.90. The van der Waals surface area contributed by atoms with Gasteiger partial charge in [-0.05, 0) is 57.0 Å². The van der Waals surface area contributed by atoms with Gasteiger partial charge in [-0.25, -0.2) is 8.42 Å². The minimum Gasteiger partial charge on any atom is -0.355 e. The van der Waals surface area contributed by atoms with Crippen LogP contribution in [0.4, 0.5) is 5.69 Å². The van der Waals surface area contributed by atoms with Crippen LogP contribution < -0.4 is 9.62 Å². The largest absolute Gasteiger partial charge is 0.355 e. The number of amides is 2. The van der Waals surface area contributed by atoms with Crippen molar-refractivity contribution in [2.45, 2.75) is 51.6 Å². The van der Waals surface area contributed by atoms with Crippen LogP contribution in [0.3, 0.4) is 0 Å². The molecule has 1 N–H and O–H groups in total. The van der Waals surface area contributed by atoms with E-state index in [9.17, 15) is 18.0 Å². The normalized spacial score (nSPS) is 12.1. The van der Waals surface area contributed by atoms with E-state index in [-0.39, 0.29) is 33.1 Å². The summed E-state index contributed by atoms with van der Waals surface area (Å²) in [5.41, 5.74) is 2.82. The smallest absolute Gasteiger partial charge is 0.264 e. The topological polar surface area (TPSA) is 86.8 Å². The molecule has 1 atom stereocenters. The highest BCUT2D eigenvalue weighted by atomic mass is 35.5. The summed E-state index contributed by atoms with van der Waals surface area (Å²) in [6.07, 6.45) is 0.339. The molecule has 0 saturated heterocycles. The van der Waals surface area contributed by atoms with E-state index in [1.807, 2.05) is 45.0 Å². The number of carbonyl (C=O) groups excluding carboxylic acids is 2. The molecular weight excluding hydrogens is 557 g/mol. The SMILES string of the molecule is CCNC(=O)C(CC)N(Cc1ccc(C)cc1)C(=O)CN(c1cccc(Cl)c1Cl)S(=O)(=O)c1ccc(C)cc1. The Labute approximate surface area is 240 Å². The van der Waals surface area contributed by atoms with Gasteiger partial charge in [0.1, 0.15) is 12.6 Å². The van der Waals surface area contributed by atoms with Crippen molar-refractivity contribution < 1.29 is 18.0 Å². The first-order chi connectivity index (χ1) is 18.5. The minimum absolute atomic E-state index is 0.00204. The van der Waals surface area contributed by atoms with Crippen molar-refractivity contribution >= 4 is 50.7 Å². The molecule has 0 aliphatic heterocycles. The Morgan fingerprint density at radius 3 is 2.05 bits per heavy atom. The molecule has 0 saturated carbocycles. The maximum Gasteiger partial charge on any atom is 0.264 e. The van der Waals surface area contributed by atoms with E-state index in [0.29, 0.717) is 13.0 Å². The summed E-state index contributed by atoms with van der Waals surface area (Å²) < 4.78 is 28.8. The second-order valence-corrected chi connectivity index (χ2v) is 11.9. The number of nitrogens with zero attached hydrogens (tertiary/aromatic N) is 2. The highest BCUT2D eigenvalue weighted by molar-refractivity contribution is 7.92. The van der Waals surface area contributed by atoms with Crippen molar-refractivity contribution in [3.8, 4) is 0 Å². The Morgan fingerprint density at radius 1 is 0.897 bits per heavy atom. The molecule has 10 heteroatoms. The molecule has 7 nitrogen and oxygen atoms in total. The molecule has 1 unspecified atom stereocenters. The zero-order valence-electron chi connectivity index (χ0n) is 22.4. The molecule has 0 heterocycles. The summed E-state index contributed by atoms with van der Waals surface area (Å²) in [5, 5.41) is 2.94. The quantitative estimate of drug-likeness (QED) is 0.308. The van der Waals surface area contributed by atoms with Crippen LogP contribution >= 0.6 is 23.2 Å². The molecule has 0 bridgehead atoms. The van der Waals surface area contributed by atoms with Crippen molar-refractivity contribution in [3.63, 3.8) is 0 Å². The Balaban J connectivity index is 2.10. The van der Waals surface area contributed by atoms with Gasteiger partial charge < -0.3 is 10.2 Å². The Hall–Kier alpha value is -3.07. The molecule has 0 aliphatic rings. The molecule has 0 radical (unpaired) electrons. The van der Waals surface area contributed by atoms with Gasteiger partial charge in [0.15, 0.2) is 0 Å². The summed E-state index contributed by atoms with van der Waals surface area (Å²) in [6.45, 7) is 7.35. The molecule has 0 spiro atoms. The highest BCUT2D eigenvalue weighted by Gasteiger charge is 2.34. The number of rotatable bonds is 11. The van der Waals surface area contributed by atoms with Gasteiger partial charge in [-0.15, -0.1) is 0 Å². The molecule has 39 heavy (non-hydrogen) atoms. The fourth-order valence-electron chi connectivity index (χ4n) is 4.14. The van der Waals surface area contributed by atoms with Crippen LogP contribution in [-0.4, -0.2) is 44.3 Å². The van der Waals surface area contributed by atoms with Gasteiger partial charge in [-0.3, -0.25) is 13.9 Å². The van der Waals surface area contributed by atoms with Crippen molar-refractivity contribution in [1.29, 1.82) is 0 Å². The highest BCUT2D eigenvalue weighted by Crippen LogP contribution is 2.35. The minimum atomic E-state index is -4.24. The van der Waals surface area contributed by atoms with E-state index in [0.717, 1.165) is 21.0 Å². The third-order valence-electron chi connectivity index (χ3n) is 6.30. The lowest BCUT2D eigenvalue weighted by atomic mass is 10.1. The molecule has 3 aromatic rings. The van der Waals surface area contributed by atoms with Crippen LogP contribution in [0.2, 0.25) is 10.0 Å². The van der Waals surface area contributed by atoms with E-state index in [1.165, 1.54) is 29.2 Å². The molecule has 0 aliphatic carbocycles. The number of halogens is 2. The standard InChI is InChI=1S/C29H33Cl2N3O4S/c1-5-25(29(36)32-6-2)33(18-22-14-10-20(3)11-15-22)27(35)19-34(26-9-7-8-24(30)28(26)31)39(37,38)23-16-12-21(4)13-17-23/h7-17,25H,5-6,18-19H2,1-4H3,(H,32,36). The van der Waals surface area contributed by atoms with Crippen molar-refractivity contribution in [1.82, 2.24) is 10.2 Å². The van der Waals surface area contributed by atoms with Crippen molar-refractivity contribution in [2.24, 2.45) is 0 Å². The number of sulfonamides is 1. The van der Waals surface area contributed by atoms with E-state index in [1.54, 1.807) is 25.1 Å². The Morgan fingerprint density at radius 2 is 1.49 bits per heavy atom. The second kappa shape index (κ2) is 13.3. The second-order valence-electron chi connectivity index (χ2n) is 9.22. The molecular formula is C29H33Cl2N3O4S. The molecule has 208 valence electrons. The maximum atomic E-state index is 14.0. The van der Waals surface area contributed by atoms with Gasteiger partial charge in [-0.1, -0.05) is 83.7 Å². The van der Waals surface area contributed by atoms with Crippen LogP contribution in [0, 0.1) is 13.8 Å². The number of nitrogens with one attached hydrogen (secondary N) is 1. The summed E-state index contributed by atoms with van der Waals surface area (Å²) in [7, 11) is -4.24. The fourth-order valence-corrected chi connectivity index (χ4v) is 6.01.